The number of carbonyl (C=O) groups is 1. The quantitative estimate of drug-likeness (QED) is 0.617. The Morgan fingerprint density at radius 2 is 1.21 bits per heavy atom. The topological polar surface area (TPSA) is 17.1 Å². The summed E-state index contributed by atoms with van der Waals surface area (Å²) in [5.74, 6) is 0.401. The molecule has 0 N–H and O–H groups in total. The Morgan fingerprint density at radius 3 is 1.57 bits per heavy atom. The lowest BCUT2D eigenvalue weighted by molar-refractivity contribution is -0.126. The molecular formula is C13H24O. The van der Waals surface area contributed by atoms with Gasteiger partial charge in [-0.25, -0.2) is 0 Å². The van der Waals surface area contributed by atoms with E-state index in [4.69, 9.17) is 0 Å². The standard InChI is InChI=1S/C13H24O/c1-12(14)13(2)10-8-6-4-3-5-7-9-11-13/h3-11H2,1-2H3. The van der Waals surface area contributed by atoms with Crippen molar-refractivity contribution < 1.29 is 4.79 Å². The molecule has 0 radical (unpaired) electrons. The van der Waals surface area contributed by atoms with Gasteiger partial charge < -0.3 is 0 Å². The fourth-order valence-electron chi connectivity index (χ4n) is 2.39. The predicted molar refractivity (Wildman–Crippen MR) is 60.3 cm³/mol. The minimum atomic E-state index is -0.00264. The van der Waals surface area contributed by atoms with Crippen molar-refractivity contribution in [3.8, 4) is 0 Å². The molecule has 0 amide bonds. The Bertz CT molecular complexity index is 174. The summed E-state index contributed by atoms with van der Waals surface area (Å²) in [7, 11) is 0. The minimum Gasteiger partial charge on any atom is -0.299 e. The largest absolute Gasteiger partial charge is 0.299 e. The van der Waals surface area contributed by atoms with Gasteiger partial charge in [-0.05, 0) is 19.8 Å². The van der Waals surface area contributed by atoms with Gasteiger partial charge in [-0.2, -0.15) is 0 Å². The Kier molecular flexibility index (Phi) is 4.64. The summed E-state index contributed by atoms with van der Waals surface area (Å²) in [6.45, 7) is 3.93. The van der Waals surface area contributed by atoms with Gasteiger partial charge in [0.15, 0.2) is 0 Å². The second-order valence-corrected chi connectivity index (χ2v) is 5.09. The van der Waals surface area contributed by atoms with Crippen LogP contribution in [-0.4, -0.2) is 5.78 Å². The van der Waals surface area contributed by atoms with Crippen molar-refractivity contribution in [3.05, 3.63) is 0 Å². The first kappa shape index (κ1) is 11.7. The van der Waals surface area contributed by atoms with E-state index in [1.54, 1.807) is 6.92 Å². The number of Topliss-reactive ketones (excluding diaryl/α,β-unsaturated/α-hetero) is 1. The lowest BCUT2D eigenvalue weighted by Crippen LogP contribution is -2.25. The fourth-order valence-corrected chi connectivity index (χ4v) is 2.39. The van der Waals surface area contributed by atoms with Crippen LogP contribution in [0.1, 0.15) is 71.6 Å². The average molecular weight is 196 g/mol. The van der Waals surface area contributed by atoms with Gasteiger partial charge in [0.25, 0.3) is 0 Å². The molecule has 14 heavy (non-hydrogen) atoms. The smallest absolute Gasteiger partial charge is 0.135 e. The van der Waals surface area contributed by atoms with Crippen LogP contribution in [0.25, 0.3) is 0 Å². The first-order chi connectivity index (χ1) is 6.65. The third-order valence-corrected chi connectivity index (χ3v) is 3.81. The Morgan fingerprint density at radius 1 is 0.857 bits per heavy atom. The molecule has 0 unspecified atom stereocenters. The van der Waals surface area contributed by atoms with E-state index in [0.717, 1.165) is 12.8 Å². The van der Waals surface area contributed by atoms with Gasteiger partial charge in [-0.15, -0.1) is 0 Å². The highest BCUT2D eigenvalue weighted by Gasteiger charge is 2.28. The molecule has 1 rings (SSSR count). The maximum absolute atomic E-state index is 11.6. The molecule has 0 atom stereocenters. The van der Waals surface area contributed by atoms with E-state index in [1.807, 2.05) is 0 Å². The van der Waals surface area contributed by atoms with E-state index < -0.39 is 0 Å². The van der Waals surface area contributed by atoms with Gasteiger partial charge in [-0.3, -0.25) is 4.79 Å². The molecule has 82 valence electrons. The van der Waals surface area contributed by atoms with Crippen molar-refractivity contribution >= 4 is 5.78 Å². The molecule has 1 saturated carbocycles. The number of rotatable bonds is 1. The van der Waals surface area contributed by atoms with Gasteiger partial charge in [0.2, 0.25) is 0 Å². The molecule has 0 aromatic heterocycles. The van der Waals surface area contributed by atoms with E-state index >= 15 is 0 Å². The molecule has 1 fully saturated rings. The summed E-state index contributed by atoms with van der Waals surface area (Å²) in [5, 5.41) is 0. The van der Waals surface area contributed by atoms with E-state index in [0.29, 0.717) is 5.78 Å². The molecule has 0 heterocycles. The SMILES string of the molecule is CC(=O)C1(C)CCCCCCCCC1. The van der Waals surface area contributed by atoms with Crippen molar-refractivity contribution in [3.63, 3.8) is 0 Å². The molecule has 0 aromatic carbocycles. The van der Waals surface area contributed by atoms with Gasteiger partial charge in [0.05, 0.1) is 0 Å². The maximum Gasteiger partial charge on any atom is 0.135 e. The summed E-state index contributed by atoms with van der Waals surface area (Å²) in [6, 6.07) is 0. The molecule has 1 heteroatoms. The van der Waals surface area contributed by atoms with Crippen LogP contribution in [0, 0.1) is 5.41 Å². The second kappa shape index (κ2) is 5.53. The summed E-state index contributed by atoms with van der Waals surface area (Å²) in [6.07, 6.45) is 11.5. The highest BCUT2D eigenvalue weighted by Crippen LogP contribution is 2.33. The van der Waals surface area contributed by atoms with Gasteiger partial charge in [-0.1, -0.05) is 51.9 Å². The van der Waals surface area contributed by atoms with Gasteiger partial charge in [0, 0.05) is 5.41 Å². The monoisotopic (exact) mass is 196 g/mol. The first-order valence-corrected chi connectivity index (χ1v) is 6.16. The van der Waals surface area contributed by atoms with Crippen molar-refractivity contribution in [2.75, 3.05) is 0 Å². The van der Waals surface area contributed by atoms with Crippen LogP contribution in [0.3, 0.4) is 0 Å². The molecule has 1 aliphatic carbocycles. The average Bonchev–Trinajstić information content (AvgIpc) is 2.16. The molecule has 0 saturated heterocycles. The highest BCUT2D eigenvalue weighted by molar-refractivity contribution is 5.81. The van der Waals surface area contributed by atoms with Crippen molar-refractivity contribution in [1.29, 1.82) is 0 Å². The van der Waals surface area contributed by atoms with E-state index in [9.17, 15) is 4.79 Å². The zero-order valence-corrected chi connectivity index (χ0v) is 9.77. The molecule has 0 aliphatic heterocycles. The number of ketones is 1. The minimum absolute atomic E-state index is 0.00264. The van der Waals surface area contributed by atoms with Gasteiger partial charge in [0.1, 0.15) is 5.78 Å². The summed E-state index contributed by atoms with van der Waals surface area (Å²) >= 11 is 0. The van der Waals surface area contributed by atoms with Crippen LogP contribution in [0.15, 0.2) is 0 Å². The van der Waals surface area contributed by atoms with Crippen LogP contribution >= 0.6 is 0 Å². The molecule has 0 aromatic rings. The lowest BCUT2D eigenvalue weighted by atomic mass is 9.76. The van der Waals surface area contributed by atoms with Crippen LogP contribution in [0.4, 0.5) is 0 Å². The summed E-state index contributed by atoms with van der Waals surface area (Å²) < 4.78 is 0. The van der Waals surface area contributed by atoms with Crippen LogP contribution < -0.4 is 0 Å². The summed E-state index contributed by atoms with van der Waals surface area (Å²) in [4.78, 5) is 11.6. The van der Waals surface area contributed by atoms with Crippen LogP contribution in [0.2, 0.25) is 0 Å². The predicted octanol–water partition coefficient (Wildman–Crippen LogP) is 4.11. The number of carbonyl (C=O) groups excluding carboxylic acids is 1. The van der Waals surface area contributed by atoms with Crippen molar-refractivity contribution in [2.45, 2.75) is 71.6 Å². The van der Waals surface area contributed by atoms with Gasteiger partial charge >= 0.3 is 0 Å². The van der Waals surface area contributed by atoms with E-state index in [-0.39, 0.29) is 5.41 Å². The molecular weight excluding hydrogens is 172 g/mol. The third kappa shape index (κ3) is 3.43. The fraction of sp³-hybridized carbons (Fsp3) is 0.923. The molecule has 1 nitrogen and oxygen atoms in total. The van der Waals surface area contributed by atoms with E-state index in [1.165, 1.54) is 44.9 Å². The van der Waals surface area contributed by atoms with Crippen molar-refractivity contribution in [2.24, 2.45) is 5.41 Å². The molecule has 0 bridgehead atoms. The zero-order valence-electron chi connectivity index (χ0n) is 9.77. The van der Waals surface area contributed by atoms with Crippen molar-refractivity contribution in [1.82, 2.24) is 0 Å². The van der Waals surface area contributed by atoms with Crippen LogP contribution in [-0.2, 0) is 4.79 Å². The molecule has 1 aliphatic rings. The molecule has 0 spiro atoms. The summed E-state index contributed by atoms with van der Waals surface area (Å²) in [5.41, 5.74) is -0.00264. The Balaban J connectivity index is 2.49. The maximum atomic E-state index is 11.6. The second-order valence-electron chi connectivity index (χ2n) is 5.09. The number of hydrogen-bond acceptors (Lipinski definition) is 1. The zero-order chi connectivity index (χ0) is 10.4. The highest BCUT2D eigenvalue weighted by atomic mass is 16.1. The lowest BCUT2D eigenvalue weighted by Gasteiger charge is -2.27. The van der Waals surface area contributed by atoms with E-state index in [2.05, 4.69) is 6.92 Å². The first-order valence-electron chi connectivity index (χ1n) is 6.16. The normalized spacial score (nSPS) is 24.1. The third-order valence-electron chi connectivity index (χ3n) is 3.81. The number of hydrogen-bond donors (Lipinski definition) is 0. The Hall–Kier alpha value is -0.330. The Labute approximate surface area is 88.3 Å². The van der Waals surface area contributed by atoms with Crippen LogP contribution in [0.5, 0.6) is 0 Å².